The number of nitrogens with zero attached hydrogens (tertiary/aromatic N) is 1. The lowest BCUT2D eigenvalue weighted by atomic mass is 9.93. The number of aliphatic hydroxyl groups is 1. The van der Waals surface area contributed by atoms with E-state index in [4.69, 9.17) is 9.84 Å². The molecule has 3 aromatic rings. The van der Waals surface area contributed by atoms with Gasteiger partial charge in [-0.15, -0.1) is 0 Å². The maximum atomic E-state index is 13.4. The Morgan fingerprint density at radius 2 is 1.57 bits per heavy atom. The molecule has 7 heteroatoms. The number of carbonyl (C=O) groups excluding carboxylic acids is 2. The molecule has 1 saturated heterocycles. The van der Waals surface area contributed by atoms with Gasteiger partial charge in [-0.2, -0.15) is 0 Å². The summed E-state index contributed by atoms with van der Waals surface area (Å²) in [6.07, 6.45) is 0.676. The molecule has 1 aliphatic heterocycles. The van der Waals surface area contributed by atoms with Crippen molar-refractivity contribution in [1.29, 1.82) is 0 Å². The van der Waals surface area contributed by atoms with Gasteiger partial charge in [0.2, 0.25) is 0 Å². The minimum absolute atomic E-state index is 0.00702. The SMILES string of the molecule is CCOc1ccc(/C(O)=C2/C(=O)C(=O)N(c3ccc(CC(=O)O)cc3)C2c2ccc(CC)cc2)cc1C. The van der Waals surface area contributed by atoms with E-state index >= 15 is 0 Å². The Kier molecular flexibility index (Phi) is 7.43. The van der Waals surface area contributed by atoms with Crippen LogP contribution in [-0.4, -0.2) is 34.5 Å². The fraction of sp³-hybridized carbons (Fsp3) is 0.233. The van der Waals surface area contributed by atoms with Crippen LogP contribution < -0.4 is 9.64 Å². The summed E-state index contributed by atoms with van der Waals surface area (Å²) in [5, 5.41) is 20.4. The van der Waals surface area contributed by atoms with E-state index in [9.17, 15) is 19.5 Å². The predicted molar refractivity (Wildman–Crippen MR) is 141 cm³/mol. The van der Waals surface area contributed by atoms with Gasteiger partial charge in [-0.1, -0.05) is 43.3 Å². The van der Waals surface area contributed by atoms with Gasteiger partial charge in [-0.25, -0.2) is 0 Å². The number of aryl methyl sites for hydroxylation is 2. The van der Waals surface area contributed by atoms with Crippen LogP contribution >= 0.6 is 0 Å². The molecule has 0 aliphatic carbocycles. The van der Waals surface area contributed by atoms with Crippen LogP contribution in [0.1, 0.15) is 47.7 Å². The molecule has 190 valence electrons. The normalized spacial score (nSPS) is 16.7. The van der Waals surface area contributed by atoms with Crippen molar-refractivity contribution in [1.82, 2.24) is 0 Å². The first-order valence-electron chi connectivity index (χ1n) is 12.2. The Morgan fingerprint density at radius 1 is 0.919 bits per heavy atom. The number of carboxylic acids is 1. The van der Waals surface area contributed by atoms with Gasteiger partial charge in [0.05, 0.1) is 24.6 Å². The van der Waals surface area contributed by atoms with Crippen LogP contribution in [0.15, 0.2) is 72.3 Å². The molecule has 1 heterocycles. The third-order valence-electron chi connectivity index (χ3n) is 6.47. The van der Waals surface area contributed by atoms with E-state index in [0.717, 1.165) is 17.5 Å². The quantitative estimate of drug-likeness (QED) is 0.251. The molecule has 1 unspecified atom stereocenters. The number of carbonyl (C=O) groups is 3. The van der Waals surface area contributed by atoms with Gasteiger partial charge >= 0.3 is 5.97 Å². The van der Waals surface area contributed by atoms with Gasteiger partial charge in [-0.3, -0.25) is 19.3 Å². The number of ketones is 1. The van der Waals surface area contributed by atoms with Crippen molar-refractivity contribution in [3.05, 3.63) is 100 Å². The van der Waals surface area contributed by atoms with Gasteiger partial charge in [-0.05, 0) is 72.9 Å². The summed E-state index contributed by atoms with van der Waals surface area (Å²) in [5.41, 5.74) is 3.97. The molecule has 2 N–H and O–H groups in total. The molecular weight excluding hydrogens is 470 g/mol. The maximum absolute atomic E-state index is 13.4. The molecule has 0 spiro atoms. The Bertz CT molecular complexity index is 1370. The lowest BCUT2D eigenvalue weighted by Crippen LogP contribution is -2.29. The summed E-state index contributed by atoms with van der Waals surface area (Å²) in [6.45, 7) is 6.26. The number of rotatable bonds is 8. The molecule has 0 saturated carbocycles. The summed E-state index contributed by atoms with van der Waals surface area (Å²) in [6, 6.07) is 18.3. The van der Waals surface area contributed by atoms with Gasteiger partial charge in [0.15, 0.2) is 0 Å². The molecule has 0 bridgehead atoms. The molecule has 1 atom stereocenters. The highest BCUT2D eigenvalue weighted by molar-refractivity contribution is 6.51. The monoisotopic (exact) mass is 499 g/mol. The second-order valence-corrected chi connectivity index (χ2v) is 8.91. The van der Waals surface area contributed by atoms with E-state index in [1.165, 1.54) is 4.90 Å². The third-order valence-corrected chi connectivity index (χ3v) is 6.47. The summed E-state index contributed by atoms with van der Waals surface area (Å²) < 4.78 is 5.59. The number of carboxylic acid groups (broad SMARTS) is 1. The number of ether oxygens (including phenoxy) is 1. The summed E-state index contributed by atoms with van der Waals surface area (Å²) in [5.74, 6) is -2.11. The van der Waals surface area contributed by atoms with Gasteiger partial charge in [0.25, 0.3) is 11.7 Å². The van der Waals surface area contributed by atoms with Crippen molar-refractivity contribution in [2.45, 2.75) is 39.7 Å². The topological polar surface area (TPSA) is 104 Å². The molecule has 0 aromatic heterocycles. The minimum atomic E-state index is -0.963. The lowest BCUT2D eigenvalue weighted by molar-refractivity contribution is -0.136. The van der Waals surface area contributed by atoms with E-state index in [1.54, 1.807) is 42.5 Å². The zero-order chi connectivity index (χ0) is 26.7. The summed E-state index contributed by atoms with van der Waals surface area (Å²) in [4.78, 5) is 39.1. The Labute approximate surface area is 215 Å². The zero-order valence-corrected chi connectivity index (χ0v) is 21.0. The Hall–Kier alpha value is -4.39. The highest BCUT2D eigenvalue weighted by Crippen LogP contribution is 2.42. The molecule has 1 aliphatic rings. The first-order chi connectivity index (χ1) is 17.7. The predicted octanol–water partition coefficient (Wildman–Crippen LogP) is 5.21. The number of anilines is 1. The number of aliphatic hydroxyl groups excluding tert-OH is 1. The standard InChI is InChI=1S/C30H29NO6/c1-4-19-6-10-21(11-7-19)27-26(28(34)22-12-15-24(37-5-2)18(3)16-22)29(35)30(36)31(27)23-13-8-20(9-14-23)17-25(32)33/h6-16,27,34H,4-5,17H2,1-3H3,(H,32,33)/b28-26-. The van der Waals surface area contributed by atoms with Gasteiger partial charge in [0.1, 0.15) is 11.5 Å². The van der Waals surface area contributed by atoms with E-state index in [0.29, 0.717) is 34.7 Å². The number of aliphatic carboxylic acids is 1. The fourth-order valence-electron chi connectivity index (χ4n) is 4.57. The highest BCUT2D eigenvalue weighted by atomic mass is 16.5. The molecule has 0 radical (unpaired) electrons. The lowest BCUT2D eigenvalue weighted by Gasteiger charge is -2.26. The van der Waals surface area contributed by atoms with Gasteiger partial charge in [0, 0.05) is 11.3 Å². The Morgan fingerprint density at radius 3 is 2.14 bits per heavy atom. The van der Waals surface area contributed by atoms with Crippen molar-refractivity contribution < 1.29 is 29.3 Å². The van der Waals surface area contributed by atoms with Crippen molar-refractivity contribution in [3.8, 4) is 5.75 Å². The number of hydrogen-bond acceptors (Lipinski definition) is 5. The first-order valence-corrected chi connectivity index (χ1v) is 12.2. The molecule has 4 rings (SSSR count). The molecular formula is C30H29NO6. The van der Waals surface area contributed by atoms with Crippen LogP contribution in [-0.2, 0) is 27.2 Å². The van der Waals surface area contributed by atoms with Crippen LogP contribution in [0.4, 0.5) is 5.69 Å². The molecule has 7 nitrogen and oxygen atoms in total. The van der Waals surface area contributed by atoms with Crippen LogP contribution in [0.5, 0.6) is 5.75 Å². The molecule has 1 amide bonds. The largest absolute Gasteiger partial charge is 0.507 e. The number of benzene rings is 3. The molecule has 1 fully saturated rings. The van der Waals surface area contributed by atoms with E-state index < -0.39 is 23.7 Å². The van der Waals surface area contributed by atoms with E-state index in [1.807, 2.05) is 45.0 Å². The molecule has 37 heavy (non-hydrogen) atoms. The van der Waals surface area contributed by atoms with Gasteiger partial charge < -0.3 is 14.9 Å². The number of hydrogen-bond donors (Lipinski definition) is 2. The van der Waals surface area contributed by atoms with Crippen LogP contribution in [0.25, 0.3) is 5.76 Å². The maximum Gasteiger partial charge on any atom is 0.307 e. The van der Waals surface area contributed by atoms with Crippen molar-refractivity contribution in [2.75, 3.05) is 11.5 Å². The fourth-order valence-corrected chi connectivity index (χ4v) is 4.57. The average molecular weight is 500 g/mol. The van der Waals surface area contributed by atoms with Crippen molar-refractivity contribution >= 4 is 29.1 Å². The van der Waals surface area contributed by atoms with E-state index in [-0.39, 0.29) is 17.8 Å². The highest BCUT2D eigenvalue weighted by Gasteiger charge is 2.47. The number of Topliss-reactive ketones (excluding diaryl/α,β-unsaturated/α-hetero) is 1. The average Bonchev–Trinajstić information content (AvgIpc) is 3.15. The van der Waals surface area contributed by atoms with E-state index in [2.05, 4.69) is 0 Å². The molecule has 3 aromatic carbocycles. The third kappa shape index (κ3) is 5.11. The second kappa shape index (κ2) is 10.7. The van der Waals surface area contributed by atoms with Crippen molar-refractivity contribution in [3.63, 3.8) is 0 Å². The van der Waals surface area contributed by atoms with Crippen molar-refractivity contribution in [2.24, 2.45) is 0 Å². The number of amides is 1. The zero-order valence-electron chi connectivity index (χ0n) is 21.0. The summed E-state index contributed by atoms with van der Waals surface area (Å²) in [7, 11) is 0. The van der Waals surface area contributed by atoms with Crippen LogP contribution in [0.3, 0.4) is 0 Å². The first kappa shape index (κ1) is 25.7. The smallest absolute Gasteiger partial charge is 0.307 e. The van der Waals surface area contributed by atoms with Crippen LogP contribution in [0.2, 0.25) is 0 Å². The Balaban J connectivity index is 1.86. The minimum Gasteiger partial charge on any atom is -0.507 e. The summed E-state index contributed by atoms with van der Waals surface area (Å²) >= 11 is 0. The second-order valence-electron chi connectivity index (χ2n) is 8.91. The van der Waals surface area contributed by atoms with Crippen LogP contribution in [0, 0.1) is 6.92 Å².